The maximum atomic E-state index is 8.98. The molecule has 0 saturated heterocycles. The molecule has 0 fully saturated rings. The fraction of sp³-hybridized carbons (Fsp3) is 0.583. The van der Waals surface area contributed by atoms with Crippen LogP contribution in [0.4, 0.5) is 0 Å². The number of hydrogen-bond acceptors (Lipinski definition) is 2. The van der Waals surface area contributed by atoms with Gasteiger partial charge in [0.15, 0.2) is 0 Å². The first-order valence-electron chi connectivity index (χ1n) is 5.21. The Morgan fingerprint density at radius 3 is 2.29 bits per heavy atom. The van der Waals surface area contributed by atoms with Crippen LogP contribution in [0.15, 0.2) is 12.4 Å². The van der Waals surface area contributed by atoms with E-state index >= 15 is 0 Å². The van der Waals surface area contributed by atoms with Gasteiger partial charge in [-0.15, -0.1) is 0 Å². The van der Waals surface area contributed by atoms with Gasteiger partial charge in [0.2, 0.25) is 0 Å². The molecular weight excluding hydrogens is 174 g/mol. The molecule has 1 heterocycles. The third-order valence-corrected chi connectivity index (χ3v) is 2.15. The number of aromatic nitrogens is 1. The van der Waals surface area contributed by atoms with E-state index in [-0.39, 0.29) is 6.61 Å². The van der Waals surface area contributed by atoms with Gasteiger partial charge in [0, 0.05) is 12.4 Å². The standard InChI is InChI=1S/C10H15NO.C2H6/c1-7(2)10-5-11-4-9(6-12)8(10)3;1-2/h4-5,7,12H,6H2,1-3H3;1-2H3. The lowest BCUT2D eigenvalue weighted by Crippen LogP contribution is -1.98. The molecule has 0 saturated carbocycles. The molecule has 0 aliphatic carbocycles. The summed E-state index contributed by atoms with van der Waals surface area (Å²) in [6, 6.07) is 0. The Bertz CT molecular complexity index is 269. The molecule has 0 unspecified atom stereocenters. The average Bonchev–Trinajstić information content (AvgIpc) is 2.21. The highest BCUT2D eigenvalue weighted by molar-refractivity contribution is 5.31. The zero-order valence-electron chi connectivity index (χ0n) is 9.83. The van der Waals surface area contributed by atoms with Gasteiger partial charge in [0.25, 0.3) is 0 Å². The predicted molar refractivity (Wildman–Crippen MR) is 60.3 cm³/mol. The minimum Gasteiger partial charge on any atom is -0.392 e. The van der Waals surface area contributed by atoms with Crippen LogP contribution in [0.5, 0.6) is 0 Å². The normalized spacial score (nSPS) is 9.64. The van der Waals surface area contributed by atoms with Crippen molar-refractivity contribution in [2.24, 2.45) is 0 Å². The molecule has 0 amide bonds. The minimum absolute atomic E-state index is 0.0827. The van der Waals surface area contributed by atoms with Crippen molar-refractivity contribution in [1.82, 2.24) is 4.98 Å². The van der Waals surface area contributed by atoms with Crippen molar-refractivity contribution < 1.29 is 5.11 Å². The Balaban J connectivity index is 0.000000791. The van der Waals surface area contributed by atoms with E-state index in [1.807, 2.05) is 27.0 Å². The quantitative estimate of drug-likeness (QED) is 0.786. The number of rotatable bonds is 2. The molecule has 1 aromatic rings. The second-order valence-electron chi connectivity index (χ2n) is 3.33. The number of pyridine rings is 1. The molecule has 0 spiro atoms. The zero-order chi connectivity index (χ0) is 11.1. The summed E-state index contributed by atoms with van der Waals surface area (Å²) in [5.74, 6) is 0.476. The maximum Gasteiger partial charge on any atom is 0.0699 e. The highest BCUT2D eigenvalue weighted by Gasteiger charge is 2.06. The first-order chi connectivity index (χ1) is 6.66. The van der Waals surface area contributed by atoms with E-state index < -0.39 is 0 Å². The molecule has 0 aliphatic heterocycles. The Morgan fingerprint density at radius 1 is 1.29 bits per heavy atom. The SMILES string of the molecule is CC.Cc1c(CO)cncc1C(C)C. The van der Waals surface area contributed by atoms with Crippen molar-refractivity contribution in [3.05, 3.63) is 29.1 Å². The summed E-state index contributed by atoms with van der Waals surface area (Å²) in [7, 11) is 0. The second-order valence-corrected chi connectivity index (χ2v) is 3.33. The molecule has 1 aromatic heterocycles. The van der Waals surface area contributed by atoms with Crippen LogP contribution in [0.2, 0.25) is 0 Å². The zero-order valence-corrected chi connectivity index (χ0v) is 9.83. The molecule has 1 rings (SSSR count). The van der Waals surface area contributed by atoms with Gasteiger partial charge in [-0.25, -0.2) is 0 Å². The minimum atomic E-state index is 0.0827. The Kier molecular flexibility index (Phi) is 6.13. The lowest BCUT2D eigenvalue weighted by molar-refractivity contribution is 0.280. The summed E-state index contributed by atoms with van der Waals surface area (Å²) in [6.07, 6.45) is 3.60. The van der Waals surface area contributed by atoms with Gasteiger partial charge in [-0.3, -0.25) is 4.98 Å². The van der Waals surface area contributed by atoms with Crippen LogP contribution in [0.3, 0.4) is 0 Å². The first-order valence-corrected chi connectivity index (χ1v) is 5.21. The maximum absolute atomic E-state index is 8.98. The number of hydrogen-bond donors (Lipinski definition) is 1. The van der Waals surface area contributed by atoms with Gasteiger partial charge < -0.3 is 5.11 Å². The van der Waals surface area contributed by atoms with Gasteiger partial charge in [-0.2, -0.15) is 0 Å². The predicted octanol–water partition coefficient (Wildman–Crippen LogP) is 3.03. The van der Waals surface area contributed by atoms with Crippen LogP contribution in [-0.2, 0) is 6.61 Å². The van der Waals surface area contributed by atoms with Gasteiger partial charge >= 0.3 is 0 Å². The van der Waals surface area contributed by atoms with Gasteiger partial charge in [-0.1, -0.05) is 27.7 Å². The summed E-state index contributed by atoms with van der Waals surface area (Å²) in [5.41, 5.74) is 3.32. The van der Waals surface area contributed by atoms with Crippen molar-refractivity contribution in [3.8, 4) is 0 Å². The van der Waals surface area contributed by atoms with Gasteiger partial charge in [0.1, 0.15) is 0 Å². The highest BCUT2D eigenvalue weighted by Crippen LogP contribution is 2.20. The van der Waals surface area contributed by atoms with Gasteiger partial charge in [-0.05, 0) is 29.5 Å². The molecule has 0 aromatic carbocycles. The van der Waals surface area contributed by atoms with E-state index in [0.717, 1.165) is 5.56 Å². The fourth-order valence-electron chi connectivity index (χ4n) is 1.33. The van der Waals surface area contributed by atoms with Crippen LogP contribution in [0.1, 0.15) is 50.3 Å². The molecular formula is C12H21NO. The Labute approximate surface area is 87.0 Å². The van der Waals surface area contributed by atoms with Crippen LogP contribution >= 0.6 is 0 Å². The third kappa shape index (κ3) is 3.11. The van der Waals surface area contributed by atoms with Crippen molar-refractivity contribution in [2.75, 3.05) is 0 Å². The first kappa shape index (κ1) is 13.1. The summed E-state index contributed by atoms with van der Waals surface area (Å²) in [6.45, 7) is 10.4. The lowest BCUT2D eigenvalue weighted by atomic mass is 9.97. The summed E-state index contributed by atoms with van der Waals surface area (Å²) in [5, 5.41) is 8.98. The number of aliphatic hydroxyl groups excluding tert-OH is 1. The molecule has 0 atom stereocenters. The van der Waals surface area contributed by atoms with E-state index in [9.17, 15) is 0 Å². The number of nitrogens with zero attached hydrogens (tertiary/aromatic N) is 1. The topological polar surface area (TPSA) is 33.1 Å². The molecule has 0 radical (unpaired) electrons. The Hall–Kier alpha value is -0.890. The summed E-state index contributed by atoms with van der Waals surface area (Å²) < 4.78 is 0. The van der Waals surface area contributed by atoms with Crippen molar-refractivity contribution >= 4 is 0 Å². The largest absolute Gasteiger partial charge is 0.392 e. The van der Waals surface area contributed by atoms with Crippen molar-refractivity contribution in [1.29, 1.82) is 0 Å². The fourth-order valence-corrected chi connectivity index (χ4v) is 1.33. The van der Waals surface area contributed by atoms with E-state index in [0.29, 0.717) is 5.92 Å². The monoisotopic (exact) mass is 195 g/mol. The highest BCUT2D eigenvalue weighted by atomic mass is 16.3. The van der Waals surface area contributed by atoms with Crippen LogP contribution in [0, 0.1) is 6.92 Å². The van der Waals surface area contributed by atoms with Crippen LogP contribution in [0.25, 0.3) is 0 Å². The number of aliphatic hydroxyl groups is 1. The molecule has 0 bridgehead atoms. The van der Waals surface area contributed by atoms with Gasteiger partial charge in [0.05, 0.1) is 6.61 Å². The molecule has 0 aliphatic rings. The van der Waals surface area contributed by atoms with Crippen LogP contribution < -0.4 is 0 Å². The van der Waals surface area contributed by atoms with Crippen molar-refractivity contribution in [2.45, 2.75) is 47.1 Å². The van der Waals surface area contributed by atoms with E-state index in [4.69, 9.17) is 5.11 Å². The van der Waals surface area contributed by atoms with Crippen LogP contribution in [-0.4, -0.2) is 10.1 Å². The molecule has 2 nitrogen and oxygen atoms in total. The summed E-state index contributed by atoms with van der Waals surface area (Å²) in [4.78, 5) is 4.08. The second kappa shape index (κ2) is 6.55. The molecule has 1 N–H and O–H groups in total. The summed E-state index contributed by atoms with van der Waals surface area (Å²) >= 11 is 0. The van der Waals surface area contributed by atoms with E-state index in [1.54, 1.807) is 6.20 Å². The Morgan fingerprint density at radius 2 is 1.86 bits per heavy atom. The molecule has 14 heavy (non-hydrogen) atoms. The third-order valence-electron chi connectivity index (χ3n) is 2.15. The lowest BCUT2D eigenvalue weighted by Gasteiger charge is -2.11. The van der Waals surface area contributed by atoms with E-state index in [2.05, 4.69) is 18.8 Å². The van der Waals surface area contributed by atoms with E-state index in [1.165, 1.54) is 11.1 Å². The molecule has 80 valence electrons. The molecule has 2 heteroatoms. The van der Waals surface area contributed by atoms with Crippen molar-refractivity contribution in [3.63, 3.8) is 0 Å². The smallest absolute Gasteiger partial charge is 0.0699 e. The average molecular weight is 195 g/mol.